The monoisotopic (exact) mass is 403 g/mol. The molecular weight excluding hydrogens is 380 g/mol. The fourth-order valence-electron chi connectivity index (χ4n) is 4.52. The van der Waals surface area contributed by atoms with Crippen molar-refractivity contribution in [3.63, 3.8) is 0 Å². The van der Waals surface area contributed by atoms with Crippen LogP contribution in [0, 0.1) is 32.1 Å². The van der Waals surface area contributed by atoms with Crippen molar-refractivity contribution in [1.82, 2.24) is 0 Å². The molecule has 3 aromatic carbocycles. The van der Waals surface area contributed by atoms with Gasteiger partial charge in [-0.25, -0.2) is 4.57 Å². The second-order valence-corrected chi connectivity index (χ2v) is 8.26. The van der Waals surface area contributed by atoms with E-state index in [2.05, 4.69) is 73.9 Å². The zero-order chi connectivity index (χ0) is 21.7. The number of nitrogens with zero attached hydrogens (tertiary/aromatic N) is 2. The lowest BCUT2D eigenvalue weighted by Gasteiger charge is -2.09. The molecule has 0 fully saturated rings. The molecule has 5 aromatic rings. The minimum absolute atomic E-state index is 0.627. The van der Waals surface area contributed by atoms with E-state index >= 15 is 0 Å². The van der Waals surface area contributed by atoms with Crippen molar-refractivity contribution in [2.24, 2.45) is 7.05 Å². The standard InChI is InChI=1S/C28H23N2O/c1-17-8-10-21(19(3)13-17)23-15-24-22-11-9-18(2)27(25-7-5-6-12-30(25)4)28(22)31-26(24)14-20(23)16-29/h5-15H,1-4H3/q+1. The van der Waals surface area contributed by atoms with Crippen LogP contribution < -0.4 is 4.57 Å². The summed E-state index contributed by atoms with van der Waals surface area (Å²) in [6.07, 6.45) is 2.04. The maximum absolute atomic E-state index is 9.88. The number of benzene rings is 3. The van der Waals surface area contributed by atoms with Gasteiger partial charge in [-0.3, -0.25) is 0 Å². The van der Waals surface area contributed by atoms with Gasteiger partial charge in [-0.05, 0) is 55.7 Å². The van der Waals surface area contributed by atoms with Gasteiger partial charge >= 0.3 is 0 Å². The first-order chi connectivity index (χ1) is 15.0. The summed E-state index contributed by atoms with van der Waals surface area (Å²) in [6.45, 7) is 6.29. The summed E-state index contributed by atoms with van der Waals surface area (Å²) in [6, 6.07) is 23.2. The molecule has 0 N–H and O–H groups in total. The largest absolute Gasteiger partial charge is 0.455 e. The van der Waals surface area contributed by atoms with E-state index < -0.39 is 0 Å². The zero-order valence-corrected chi connectivity index (χ0v) is 18.2. The van der Waals surface area contributed by atoms with Gasteiger partial charge in [0.2, 0.25) is 5.69 Å². The van der Waals surface area contributed by atoms with E-state index in [1.165, 1.54) is 5.56 Å². The predicted octanol–water partition coefficient (Wildman–Crippen LogP) is 6.54. The molecule has 0 unspecified atom stereocenters. The zero-order valence-electron chi connectivity index (χ0n) is 18.2. The molecule has 0 bridgehead atoms. The Morgan fingerprint density at radius 3 is 2.42 bits per heavy atom. The molecule has 3 heteroatoms. The van der Waals surface area contributed by atoms with Crippen LogP contribution in [0.2, 0.25) is 0 Å². The van der Waals surface area contributed by atoms with Crippen LogP contribution >= 0.6 is 0 Å². The van der Waals surface area contributed by atoms with Crippen LogP contribution in [0.4, 0.5) is 0 Å². The Bertz CT molecular complexity index is 1530. The molecular formula is C28H23N2O+. The lowest BCUT2D eigenvalue weighted by Crippen LogP contribution is -2.30. The summed E-state index contributed by atoms with van der Waals surface area (Å²) >= 11 is 0. The topological polar surface area (TPSA) is 40.8 Å². The van der Waals surface area contributed by atoms with Gasteiger partial charge in [-0.2, -0.15) is 5.26 Å². The Morgan fingerprint density at radius 2 is 1.68 bits per heavy atom. The molecule has 0 radical (unpaired) electrons. The first-order valence-electron chi connectivity index (χ1n) is 10.4. The van der Waals surface area contributed by atoms with Crippen LogP contribution in [-0.4, -0.2) is 0 Å². The highest BCUT2D eigenvalue weighted by molar-refractivity contribution is 6.11. The summed E-state index contributed by atoms with van der Waals surface area (Å²) < 4.78 is 8.50. The summed E-state index contributed by atoms with van der Waals surface area (Å²) in [7, 11) is 2.04. The lowest BCUT2D eigenvalue weighted by atomic mass is 9.93. The maximum Gasteiger partial charge on any atom is 0.216 e. The highest BCUT2D eigenvalue weighted by Gasteiger charge is 2.21. The van der Waals surface area contributed by atoms with Crippen LogP contribution in [0.5, 0.6) is 0 Å². The second-order valence-electron chi connectivity index (χ2n) is 8.26. The number of aryl methyl sites for hydroxylation is 4. The summed E-state index contributed by atoms with van der Waals surface area (Å²) in [4.78, 5) is 0. The first-order valence-corrected chi connectivity index (χ1v) is 10.4. The molecule has 5 rings (SSSR count). The molecule has 31 heavy (non-hydrogen) atoms. The number of rotatable bonds is 2. The third kappa shape index (κ3) is 3.00. The highest BCUT2D eigenvalue weighted by Crippen LogP contribution is 2.40. The van der Waals surface area contributed by atoms with E-state index in [4.69, 9.17) is 4.42 Å². The van der Waals surface area contributed by atoms with E-state index in [0.29, 0.717) is 5.56 Å². The van der Waals surface area contributed by atoms with Gasteiger partial charge in [-0.1, -0.05) is 35.9 Å². The summed E-state index contributed by atoms with van der Waals surface area (Å²) in [5.41, 5.74) is 9.97. The fraction of sp³-hybridized carbons (Fsp3) is 0.143. The average Bonchev–Trinajstić information content (AvgIpc) is 3.11. The normalized spacial score (nSPS) is 11.2. The van der Waals surface area contributed by atoms with Crippen molar-refractivity contribution in [3.05, 3.63) is 89.1 Å². The van der Waals surface area contributed by atoms with Crippen LogP contribution in [0.25, 0.3) is 44.3 Å². The van der Waals surface area contributed by atoms with Crippen LogP contribution in [0.3, 0.4) is 0 Å². The minimum Gasteiger partial charge on any atom is -0.455 e. The Morgan fingerprint density at radius 1 is 0.839 bits per heavy atom. The molecule has 0 aliphatic rings. The molecule has 0 aliphatic heterocycles. The van der Waals surface area contributed by atoms with Crippen LogP contribution in [-0.2, 0) is 7.05 Å². The van der Waals surface area contributed by atoms with Gasteiger partial charge in [0.05, 0.1) is 17.2 Å². The molecule has 0 spiro atoms. The number of hydrogen-bond donors (Lipinski definition) is 0. The van der Waals surface area contributed by atoms with Gasteiger partial charge in [-0.15, -0.1) is 0 Å². The molecule has 150 valence electrons. The lowest BCUT2D eigenvalue weighted by molar-refractivity contribution is -0.660. The van der Waals surface area contributed by atoms with Crippen molar-refractivity contribution in [3.8, 4) is 28.5 Å². The van der Waals surface area contributed by atoms with Crippen molar-refractivity contribution >= 4 is 21.9 Å². The fourth-order valence-corrected chi connectivity index (χ4v) is 4.52. The van der Waals surface area contributed by atoms with Gasteiger partial charge in [0.25, 0.3) is 0 Å². The van der Waals surface area contributed by atoms with Crippen molar-refractivity contribution in [2.75, 3.05) is 0 Å². The predicted molar refractivity (Wildman–Crippen MR) is 125 cm³/mol. The molecule has 3 nitrogen and oxygen atoms in total. The number of furan rings is 1. The van der Waals surface area contributed by atoms with Gasteiger partial charge in [0.1, 0.15) is 18.2 Å². The Balaban J connectivity index is 1.86. The average molecular weight is 404 g/mol. The van der Waals surface area contributed by atoms with E-state index in [9.17, 15) is 5.26 Å². The quantitative estimate of drug-likeness (QED) is 0.314. The van der Waals surface area contributed by atoms with E-state index in [-0.39, 0.29) is 0 Å². The highest BCUT2D eigenvalue weighted by atomic mass is 16.3. The van der Waals surface area contributed by atoms with Gasteiger partial charge < -0.3 is 4.42 Å². The smallest absolute Gasteiger partial charge is 0.216 e. The molecule has 2 heterocycles. The number of pyridine rings is 1. The third-order valence-electron chi connectivity index (χ3n) is 6.09. The Hall–Kier alpha value is -3.90. The Labute approximate surface area is 181 Å². The van der Waals surface area contributed by atoms with Crippen LogP contribution in [0.1, 0.15) is 22.3 Å². The molecule has 2 aromatic heterocycles. The van der Waals surface area contributed by atoms with Gasteiger partial charge in [0, 0.05) is 28.5 Å². The van der Waals surface area contributed by atoms with Crippen molar-refractivity contribution < 1.29 is 8.98 Å². The number of fused-ring (bicyclic) bond motifs is 3. The van der Waals surface area contributed by atoms with E-state index in [0.717, 1.165) is 55.4 Å². The van der Waals surface area contributed by atoms with E-state index in [1.807, 2.05) is 31.4 Å². The molecule has 0 saturated carbocycles. The van der Waals surface area contributed by atoms with Crippen LogP contribution in [0.15, 0.2) is 71.3 Å². The number of hydrogen-bond acceptors (Lipinski definition) is 2. The van der Waals surface area contributed by atoms with Gasteiger partial charge in [0.15, 0.2) is 6.20 Å². The SMILES string of the molecule is Cc1ccc(-c2cc3c(cc2C#N)oc2c(-c4cccc[n+]4C)c(C)ccc23)c(C)c1. The minimum atomic E-state index is 0.627. The van der Waals surface area contributed by atoms with Crippen molar-refractivity contribution in [2.45, 2.75) is 20.8 Å². The van der Waals surface area contributed by atoms with E-state index in [1.54, 1.807) is 0 Å². The third-order valence-corrected chi connectivity index (χ3v) is 6.09. The first kappa shape index (κ1) is 19.1. The molecule has 0 amide bonds. The summed E-state index contributed by atoms with van der Waals surface area (Å²) in [5.74, 6) is 0. The number of aromatic nitrogens is 1. The number of nitriles is 1. The second kappa shape index (κ2) is 7.11. The van der Waals surface area contributed by atoms with Crippen molar-refractivity contribution in [1.29, 1.82) is 5.26 Å². The molecule has 0 aliphatic carbocycles. The molecule has 0 saturated heterocycles. The molecule has 0 atom stereocenters. The maximum atomic E-state index is 9.88. The Kier molecular flexibility index (Phi) is 4.38. The summed E-state index contributed by atoms with van der Waals surface area (Å²) in [5, 5.41) is 12.0.